The quantitative estimate of drug-likeness (QED) is 0.0598. The first-order chi connectivity index (χ1) is 23.0. The minimum absolute atomic E-state index is 0.0530. The Morgan fingerprint density at radius 2 is 1.62 bits per heavy atom. The fraction of sp³-hybridized carbons (Fsp3) is 0.235. The summed E-state index contributed by atoms with van der Waals surface area (Å²) in [5.41, 5.74) is 3.46. The standard InChI is InChI=1S/C34H27N5O6S3/c1-17-7-9-20(13-18(17)2)38-32(43)24(29(40)36-33(38)46)14-19-8-12-27(26(15-19)39(44)45)47-34-35-25-11-10-21(16-28(25)48-34)37-30(41)22-5-3-4-6-23(22)31(37)42/h7-16,22-23H,3-6H2,1-2H3,(H,36,40,46)/b24-14+/t22-,23-/m1/s1. The molecule has 2 aliphatic heterocycles. The summed E-state index contributed by atoms with van der Waals surface area (Å²) in [6, 6.07) is 15.1. The first kappa shape index (κ1) is 31.8. The lowest BCUT2D eigenvalue weighted by Crippen LogP contribution is -2.54. The van der Waals surface area contributed by atoms with Crippen LogP contribution in [-0.2, 0) is 19.2 Å². The van der Waals surface area contributed by atoms with Crippen LogP contribution in [0.1, 0.15) is 42.4 Å². The maximum absolute atomic E-state index is 13.5. The van der Waals surface area contributed by atoms with E-state index in [2.05, 4.69) is 10.3 Å². The van der Waals surface area contributed by atoms with E-state index in [1.807, 2.05) is 19.9 Å². The maximum Gasteiger partial charge on any atom is 0.283 e. The highest BCUT2D eigenvalue weighted by Gasteiger charge is 2.48. The Morgan fingerprint density at radius 1 is 0.938 bits per heavy atom. The molecule has 3 aromatic carbocycles. The van der Waals surface area contributed by atoms with E-state index in [0.717, 1.165) is 53.3 Å². The average molecular weight is 698 g/mol. The van der Waals surface area contributed by atoms with Crippen LogP contribution in [0.25, 0.3) is 16.3 Å². The minimum atomic E-state index is -0.698. The molecule has 0 spiro atoms. The van der Waals surface area contributed by atoms with Gasteiger partial charge >= 0.3 is 0 Å². The number of fused-ring (bicyclic) bond motifs is 2. The third kappa shape index (κ3) is 5.59. The van der Waals surface area contributed by atoms with Crippen LogP contribution in [-0.4, -0.2) is 38.6 Å². The minimum Gasteiger partial charge on any atom is -0.298 e. The summed E-state index contributed by atoms with van der Waals surface area (Å²) in [6.45, 7) is 3.84. The van der Waals surface area contributed by atoms with Gasteiger partial charge in [0.15, 0.2) is 9.45 Å². The van der Waals surface area contributed by atoms with E-state index in [4.69, 9.17) is 12.2 Å². The van der Waals surface area contributed by atoms with Gasteiger partial charge in [-0.2, -0.15) is 0 Å². The fourth-order valence-corrected chi connectivity index (χ4v) is 8.78. The predicted octanol–water partition coefficient (Wildman–Crippen LogP) is 6.48. The van der Waals surface area contributed by atoms with E-state index in [-0.39, 0.29) is 45.6 Å². The molecule has 242 valence electrons. The van der Waals surface area contributed by atoms with Crippen molar-refractivity contribution in [3.63, 3.8) is 0 Å². The molecule has 1 N–H and O–H groups in total. The fourth-order valence-electron chi connectivity index (χ4n) is 6.36. The van der Waals surface area contributed by atoms with Gasteiger partial charge in [0, 0.05) is 6.07 Å². The van der Waals surface area contributed by atoms with Crippen LogP contribution in [0.5, 0.6) is 0 Å². The molecule has 3 heterocycles. The van der Waals surface area contributed by atoms with Gasteiger partial charge in [0.1, 0.15) is 5.57 Å². The van der Waals surface area contributed by atoms with Gasteiger partial charge in [0.25, 0.3) is 17.5 Å². The van der Waals surface area contributed by atoms with Crippen LogP contribution >= 0.6 is 35.3 Å². The summed E-state index contributed by atoms with van der Waals surface area (Å²) in [6.07, 6.45) is 4.66. The van der Waals surface area contributed by atoms with Gasteiger partial charge in [-0.3, -0.25) is 44.4 Å². The zero-order valence-electron chi connectivity index (χ0n) is 25.7. The van der Waals surface area contributed by atoms with E-state index < -0.39 is 16.7 Å². The Morgan fingerprint density at radius 3 is 2.31 bits per heavy atom. The van der Waals surface area contributed by atoms with Crippen LogP contribution in [0.3, 0.4) is 0 Å². The molecule has 1 saturated carbocycles. The molecular weight excluding hydrogens is 671 g/mol. The SMILES string of the molecule is Cc1ccc(N2C(=O)/C(=C/c3ccc(Sc4nc5ccc(N6C(=O)[C@@H]7CCCC[C@H]7C6=O)cc5s4)c([N+](=O)[O-])c3)C(=O)NC2=S)cc1C. The number of hydrogen-bond donors (Lipinski definition) is 1. The molecule has 2 atom stereocenters. The number of carbonyl (C=O) groups is 4. The van der Waals surface area contributed by atoms with Crippen LogP contribution in [0.2, 0.25) is 0 Å². The zero-order chi connectivity index (χ0) is 33.9. The molecule has 48 heavy (non-hydrogen) atoms. The van der Waals surface area contributed by atoms with Crippen molar-refractivity contribution in [3.8, 4) is 0 Å². The summed E-state index contributed by atoms with van der Waals surface area (Å²) in [7, 11) is 0. The summed E-state index contributed by atoms with van der Waals surface area (Å²) in [5, 5.41) is 14.7. The third-order valence-electron chi connectivity index (χ3n) is 8.99. The topological polar surface area (TPSA) is 143 Å². The summed E-state index contributed by atoms with van der Waals surface area (Å²) in [5.74, 6) is -2.15. The van der Waals surface area contributed by atoms with Gasteiger partial charge in [-0.15, -0.1) is 11.3 Å². The van der Waals surface area contributed by atoms with E-state index in [1.54, 1.807) is 42.5 Å². The molecular formula is C34H27N5O6S3. The molecule has 7 rings (SSSR count). The Hall–Kier alpha value is -4.79. The molecule has 0 radical (unpaired) electrons. The average Bonchev–Trinajstić information content (AvgIpc) is 3.57. The molecule has 1 aromatic heterocycles. The van der Waals surface area contributed by atoms with Crippen molar-refractivity contribution in [2.45, 2.75) is 48.8 Å². The molecule has 0 bridgehead atoms. The van der Waals surface area contributed by atoms with Crippen molar-refractivity contribution in [1.82, 2.24) is 10.3 Å². The molecule has 0 unspecified atom stereocenters. The smallest absolute Gasteiger partial charge is 0.283 e. The van der Waals surface area contributed by atoms with Gasteiger partial charge in [0.2, 0.25) is 11.8 Å². The number of nitro benzene ring substituents is 1. The number of nitrogens with one attached hydrogen (secondary N) is 1. The number of nitro groups is 1. The molecule has 2 saturated heterocycles. The number of anilines is 2. The lowest BCUT2D eigenvalue weighted by atomic mass is 9.81. The predicted molar refractivity (Wildman–Crippen MR) is 187 cm³/mol. The molecule has 4 amide bonds. The Balaban J connectivity index is 1.15. The van der Waals surface area contributed by atoms with E-state index in [1.165, 1.54) is 33.3 Å². The number of amides is 4. The highest BCUT2D eigenvalue weighted by atomic mass is 32.2. The number of nitrogens with zero attached hydrogens (tertiary/aromatic N) is 4. The van der Waals surface area contributed by atoms with Crippen molar-refractivity contribution in [1.29, 1.82) is 0 Å². The zero-order valence-corrected chi connectivity index (χ0v) is 28.2. The van der Waals surface area contributed by atoms with Gasteiger partial charge in [-0.25, -0.2) is 4.98 Å². The monoisotopic (exact) mass is 697 g/mol. The van der Waals surface area contributed by atoms with Crippen LogP contribution < -0.4 is 15.1 Å². The lowest BCUT2D eigenvalue weighted by Gasteiger charge is -2.29. The summed E-state index contributed by atoms with van der Waals surface area (Å²) < 4.78 is 1.27. The number of benzene rings is 3. The Bertz CT molecular complexity index is 2120. The van der Waals surface area contributed by atoms with E-state index in [0.29, 0.717) is 26.1 Å². The normalized spacial score (nSPS) is 20.5. The van der Waals surface area contributed by atoms with Crippen LogP contribution in [0.4, 0.5) is 17.1 Å². The van der Waals surface area contributed by atoms with Crippen LogP contribution in [0, 0.1) is 35.8 Å². The second-order valence-electron chi connectivity index (χ2n) is 12.0. The number of hydrogen-bond acceptors (Lipinski definition) is 10. The number of aromatic nitrogens is 1. The van der Waals surface area contributed by atoms with Crippen molar-refractivity contribution in [3.05, 3.63) is 87.0 Å². The summed E-state index contributed by atoms with van der Waals surface area (Å²) in [4.78, 5) is 71.7. The number of imide groups is 1. The molecule has 3 fully saturated rings. The number of aryl methyl sites for hydroxylation is 2. The molecule has 14 heteroatoms. The molecule has 3 aliphatic rings. The highest BCUT2D eigenvalue weighted by molar-refractivity contribution is 8.01. The van der Waals surface area contributed by atoms with Crippen LogP contribution in [0.15, 0.2) is 69.4 Å². The maximum atomic E-state index is 13.5. The van der Waals surface area contributed by atoms with Gasteiger partial charge in [-0.05, 0) is 98.1 Å². The van der Waals surface area contributed by atoms with Crippen molar-refractivity contribution in [2.24, 2.45) is 11.8 Å². The first-order valence-electron chi connectivity index (χ1n) is 15.2. The molecule has 1 aliphatic carbocycles. The van der Waals surface area contributed by atoms with E-state index >= 15 is 0 Å². The van der Waals surface area contributed by atoms with Gasteiger partial charge < -0.3 is 0 Å². The Labute approximate surface area is 288 Å². The Kier molecular flexibility index (Phi) is 8.17. The number of thiazole rings is 1. The largest absolute Gasteiger partial charge is 0.298 e. The van der Waals surface area contributed by atoms with Gasteiger partial charge in [-0.1, -0.05) is 36.7 Å². The second kappa shape index (κ2) is 12.3. The third-order valence-corrected chi connectivity index (χ3v) is 11.4. The number of carbonyl (C=O) groups excluding carboxylic acids is 4. The molecule has 11 nitrogen and oxygen atoms in total. The van der Waals surface area contributed by atoms with Crippen molar-refractivity contribution < 1.29 is 24.1 Å². The summed E-state index contributed by atoms with van der Waals surface area (Å²) >= 11 is 7.70. The number of thiocarbonyl (C=S) groups is 1. The van der Waals surface area contributed by atoms with Crippen molar-refractivity contribution in [2.75, 3.05) is 9.80 Å². The molecule has 4 aromatic rings. The van der Waals surface area contributed by atoms with Gasteiger partial charge in [0.05, 0.1) is 43.2 Å². The second-order valence-corrected chi connectivity index (χ2v) is 14.7. The van der Waals surface area contributed by atoms with Crippen molar-refractivity contribution >= 4 is 97.4 Å². The first-order valence-corrected chi connectivity index (χ1v) is 17.3. The number of rotatable bonds is 6. The van der Waals surface area contributed by atoms with E-state index in [9.17, 15) is 29.3 Å². The highest BCUT2D eigenvalue weighted by Crippen LogP contribution is 2.43. The lowest BCUT2D eigenvalue weighted by molar-refractivity contribution is -0.387.